The SMILES string of the molecule is CN(C)CC[C@H](CSc1ccc(F)cc1)Nc1ccc(S(=O)(=O)Nc2ncnc3c2CCN(C2CCN(Cc4ccccc4-c4ccc(Cl)cc4)CC2)C3)cc1S(=O)(=O)C(F)(F)F. The van der Waals surface area contributed by atoms with E-state index in [4.69, 9.17) is 11.6 Å². The van der Waals surface area contributed by atoms with E-state index in [1.165, 1.54) is 41.3 Å². The van der Waals surface area contributed by atoms with Crippen LogP contribution >= 0.6 is 23.4 Å². The van der Waals surface area contributed by atoms with E-state index < -0.39 is 52.7 Å². The average molecular weight is 947 g/mol. The minimum atomic E-state index is -6.03. The van der Waals surface area contributed by atoms with Crippen LogP contribution in [0.1, 0.15) is 36.1 Å². The van der Waals surface area contributed by atoms with E-state index in [1.807, 2.05) is 49.3 Å². The fourth-order valence-corrected chi connectivity index (χ4v) is 11.1. The molecule has 1 saturated heterocycles. The molecule has 19 heteroatoms. The van der Waals surface area contributed by atoms with Crippen LogP contribution < -0.4 is 10.0 Å². The van der Waals surface area contributed by atoms with Crippen LogP contribution in [-0.2, 0) is 39.4 Å². The number of piperidine rings is 1. The van der Waals surface area contributed by atoms with Crippen molar-refractivity contribution in [2.24, 2.45) is 0 Å². The summed E-state index contributed by atoms with van der Waals surface area (Å²) < 4.78 is 112. The van der Waals surface area contributed by atoms with Crippen LogP contribution in [0.4, 0.5) is 29.1 Å². The van der Waals surface area contributed by atoms with Gasteiger partial charge < -0.3 is 10.2 Å². The van der Waals surface area contributed by atoms with Crippen molar-refractivity contribution in [3.8, 4) is 11.1 Å². The molecule has 0 saturated carbocycles. The summed E-state index contributed by atoms with van der Waals surface area (Å²) in [5, 5.41) is 3.63. The first-order valence-corrected chi connectivity index (χ1v) is 24.7. The Morgan fingerprint density at radius 1 is 0.921 bits per heavy atom. The molecule has 336 valence electrons. The molecule has 2 N–H and O–H groups in total. The molecule has 0 aliphatic carbocycles. The number of alkyl halides is 3. The highest BCUT2D eigenvalue weighted by atomic mass is 35.5. The van der Waals surface area contributed by atoms with Gasteiger partial charge in [-0.05, 0) is 131 Å². The van der Waals surface area contributed by atoms with Gasteiger partial charge in [-0.3, -0.25) is 14.5 Å². The molecule has 7 rings (SSSR count). The first-order valence-electron chi connectivity index (χ1n) is 20.4. The number of hydrogen-bond donors (Lipinski definition) is 2. The molecule has 5 aromatic rings. The van der Waals surface area contributed by atoms with E-state index in [-0.39, 0.29) is 17.6 Å². The maximum Gasteiger partial charge on any atom is 0.501 e. The number of aromatic nitrogens is 2. The summed E-state index contributed by atoms with van der Waals surface area (Å²) in [4.78, 5) is 14.1. The summed E-state index contributed by atoms with van der Waals surface area (Å²) in [7, 11) is -7.04. The number of benzene rings is 4. The first kappa shape index (κ1) is 46.7. The molecule has 2 aliphatic heterocycles. The number of hydrogen-bond acceptors (Lipinski definition) is 11. The Labute approximate surface area is 375 Å². The number of likely N-dealkylation sites (tertiary alicyclic amines) is 1. The number of sulfonamides is 1. The number of halogens is 5. The zero-order valence-corrected chi connectivity index (χ0v) is 37.9. The lowest BCUT2D eigenvalue weighted by molar-refractivity contribution is -0.0435. The average Bonchev–Trinajstić information content (AvgIpc) is 3.25. The molecular weight excluding hydrogens is 898 g/mol. The van der Waals surface area contributed by atoms with E-state index in [0.29, 0.717) is 59.7 Å². The number of nitrogens with zero attached hydrogens (tertiary/aromatic N) is 5. The molecule has 4 aromatic carbocycles. The maximum atomic E-state index is 14.2. The van der Waals surface area contributed by atoms with Crippen molar-refractivity contribution in [2.45, 2.75) is 71.1 Å². The molecular formula is C44H48ClF4N7O4S3. The second kappa shape index (κ2) is 19.8. The molecule has 63 heavy (non-hydrogen) atoms. The van der Waals surface area contributed by atoms with Gasteiger partial charge in [0, 0.05) is 53.0 Å². The van der Waals surface area contributed by atoms with Gasteiger partial charge in [0.05, 0.1) is 16.3 Å². The van der Waals surface area contributed by atoms with Crippen LogP contribution in [0, 0.1) is 5.82 Å². The lowest BCUT2D eigenvalue weighted by Gasteiger charge is -2.40. The van der Waals surface area contributed by atoms with Crippen molar-refractivity contribution in [3.05, 3.63) is 125 Å². The van der Waals surface area contributed by atoms with Gasteiger partial charge in [0.25, 0.3) is 19.9 Å². The summed E-state index contributed by atoms with van der Waals surface area (Å²) in [6, 6.07) is 24.3. The van der Waals surface area contributed by atoms with Gasteiger partial charge in [0.15, 0.2) is 0 Å². The zero-order valence-electron chi connectivity index (χ0n) is 34.7. The second-order valence-corrected chi connectivity index (χ2v) is 21.1. The van der Waals surface area contributed by atoms with Gasteiger partial charge in [-0.2, -0.15) is 13.2 Å². The standard InChI is InChI=1S/C44H48ClF4N7O4S3/c1-54(2)21-17-34(28-61-36-13-11-33(46)12-14-36)52-40-16-15-37(25-42(40)62(57,58)44(47,48)49)63(59,60)53-43-39-20-24-56(27-41(39)50-29-51-43)35-18-22-55(23-19-35)26-31-5-3-4-6-38(31)30-7-9-32(45)10-8-30/h3-16,25,29,34-35,52H,17-24,26-28H2,1-2H3,(H,50,51,53)/t34-/m1/s1. The minimum absolute atomic E-state index is 0.0159. The molecule has 1 fully saturated rings. The highest BCUT2D eigenvalue weighted by Crippen LogP contribution is 2.38. The van der Waals surface area contributed by atoms with Crippen LogP contribution in [0.3, 0.4) is 0 Å². The molecule has 1 atom stereocenters. The van der Waals surface area contributed by atoms with Crippen LogP contribution in [0.25, 0.3) is 11.1 Å². The summed E-state index contributed by atoms with van der Waals surface area (Å²) in [5.41, 5.74) is -1.40. The monoisotopic (exact) mass is 945 g/mol. The van der Waals surface area contributed by atoms with Gasteiger partial charge >= 0.3 is 5.51 Å². The normalized spacial score (nSPS) is 16.2. The zero-order chi connectivity index (χ0) is 44.9. The molecule has 0 amide bonds. The van der Waals surface area contributed by atoms with E-state index >= 15 is 0 Å². The van der Waals surface area contributed by atoms with Gasteiger partial charge in [-0.1, -0.05) is 48.0 Å². The van der Waals surface area contributed by atoms with Crippen LogP contribution in [0.2, 0.25) is 5.02 Å². The van der Waals surface area contributed by atoms with Crippen molar-refractivity contribution in [1.82, 2.24) is 24.7 Å². The second-order valence-electron chi connectivity index (χ2n) is 16.0. The quantitative estimate of drug-likeness (QED) is 0.0730. The summed E-state index contributed by atoms with van der Waals surface area (Å²) in [6.45, 7) is 4.17. The number of rotatable bonds is 16. The number of fused-ring (bicyclic) bond motifs is 1. The lowest BCUT2D eigenvalue weighted by Crippen LogP contribution is -2.46. The third-order valence-electron chi connectivity index (χ3n) is 11.3. The van der Waals surface area contributed by atoms with E-state index in [1.54, 1.807) is 12.1 Å². The van der Waals surface area contributed by atoms with E-state index in [9.17, 15) is 34.4 Å². The fraction of sp³-hybridized carbons (Fsp3) is 0.364. The Hall–Kier alpha value is -4.30. The Morgan fingerprint density at radius 3 is 2.33 bits per heavy atom. The van der Waals surface area contributed by atoms with Crippen molar-refractivity contribution < 1.29 is 34.4 Å². The molecule has 0 spiro atoms. The highest BCUT2D eigenvalue weighted by molar-refractivity contribution is 7.99. The number of thioether (sulfide) groups is 1. The molecule has 11 nitrogen and oxygen atoms in total. The highest BCUT2D eigenvalue weighted by Gasteiger charge is 2.48. The van der Waals surface area contributed by atoms with E-state index in [0.717, 1.165) is 50.2 Å². The van der Waals surface area contributed by atoms with Gasteiger partial charge in [0.1, 0.15) is 22.9 Å². The Balaban J connectivity index is 1.04. The number of sulfone groups is 1. The van der Waals surface area contributed by atoms with Crippen molar-refractivity contribution in [2.75, 3.05) is 56.1 Å². The van der Waals surface area contributed by atoms with Crippen LogP contribution in [0.5, 0.6) is 0 Å². The third kappa shape index (κ3) is 11.5. The Morgan fingerprint density at radius 2 is 1.63 bits per heavy atom. The predicted molar refractivity (Wildman–Crippen MR) is 240 cm³/mol. The molecule has 0 bridgehead atoms. The first-order chi connectivity index (χ1) is 30.0. The predicted octanol–water partition coefficient (Wildman–Crippen LogP) is 8.58. The molecule has 1 aromatic heterocycles. The molecule has 3 heterocycles. The molecule has 0 unspecified atom stereocenters. The smallest absolute Gasteiger partial charge is 0.380 e. The number of anilines is 2. The maximum absolute atomic E-state index is 14.2. The lowest BCUT2D eigenvalue weighted by atomic mass is 9.96. The summed E-state index contributed by atoms with van der Waals surface area (Å²) in [5.74, 6) is -0.159. The van der Waals surface area contributed by atoms with Crippen LogP contribution in [-0.4, -0.2) is 105 Å². The minimum Gasteiger partial charge on any atom is -0.380 e. The molecule has 2 aliphatic rings. The Kier molecular flexibility index (Phi) is 14.7. The van der Waals surface area contributed by atoms with Gasteiger partial charge in [-0.15, -0.1) is 11.8 Å². The molecule has 0 radical (unpaired) electrons. The third-order valence-corrected chi connectivity index (χ3v) is 15.6. The van der Waals surface area contributed by atoms with E-state index in [2.05, 4.69) is 48.0 Å². The summed E-state index contributed by atoms with van der Waals surface area (Å²) in [6.07, 6.45) is 3.92. The van der Waals surface area contributed by atoms with Crippen molar-refractivity contribution >= 4 is 54.7 Å². The Bertz CT molecular complexity index is 2600. The number of nitrogens with one attached hydrogen (secondary N) is 2. The fourth-order valence-electron chi connectivity index (χ4n) is 7.91. The largest absolute Gasteiger partial charge is 0.501 e. The van der Waals surface area contributed by atoms with Gasteiger partial charge in [0.2, 0.25) is 0 Å². The van der Waals surface area contributed by atoms with Crippen molar-refractivity contribution in [1.29, 1.82) is 0 Å². The topological polar surface area (TPSA) is 128 Å². The van der Waals surface area contributed by atoms with Crippen molar-refractivity contribution in [3.63, 3.8) is 0 Å². The summed E-state index contributed by atoms with van der Waals surface area (Å²) >= 11 is 7.44. The van der Waals surface area contributed by atoms with Crippen LogP contribution in [0.15, 0.2) is 112 Å². The van der Waals surface area contributed by atoms with Gasteiger partial charge in [-0.25, -0.2) is 31.2 Å².